The van der Waals surface area contributed by atoms with E-state index >= 15 is 0 Å². The van der Waals surface area contributed by atoms with E-state index < -0.39 is 11.7 Å². The summed E-state index contributed by atoms with van der Waals surface area (Å²) in [6.45, 7) is 7.66. The topological polar surface area (TPSA) is 51.2 Å². The van der Waals surface area contributed by atoms with Crippen molar-refractivity contribution < 1.29 is 9.53 Å². The fraction of sp³-hybridized carbons (Fsp3) is 0.500. The molecule has 0 aromatic carbocycles. The van der Waals surface area contributed by atoms with Gasteiger partial charge in [0.2, 0.25) is 0 Å². The number of anilines is 1. The Morgan fingerprint density at radius 1 is 1.41 bits per heavy atom. The van der Waals surface area contributed by atoms with Gasteiger partial charge in [-0.15, -0.1) is 5.73 Å². The molecule has 0 spiro atoms. The molecule has 1 heterocycles. The van der Waals surface area contributed by atoms with Crippen molar-refractivity contribution >= 4 is 18.0 Å². The fourth-order valence-electron chi connectivity index (χ4n) is 1.77. The molecule has 0 bridgehead atoms. The number of nitrogens with one attached hydrogen (secondary N) is 1. The smallest absolute Gasteiger partial charge is 0.413 e. The Hall–Kier alpha value is -2.06. The summed E-state index contributed by atoms with van der Waals surface area (Å²) in [6, 6.07) is 3.71. The lowest BCUT2D eigenvalue weighted by atomic mass is 10.2. The number of ether oxygens (including phenoxy) is 1. The highest BCUT2D eigenvalue weighted by Gasteiger charge is 2.17. The summed E-state index contributed by atoms with van der Waals surface area (Å²) in [5.74, 6) is 0.478. The molecule has 22 heavy (non-hydrogen) atoms. The standard InChI is InChI=1S/C18H26N2O2/c1-5-6-7-8-9-10-12-15-13-11-14-19-16(15)20-17(21)22-18(2,3)4/h9,11-14H,5-8H2,1-4H3,(H,19,20,21). The molecule has 1 amide bonds. The van der Waals surface area contributed by atoms with Gasteiger partial charge in [-0.3, -0.25) is 5.32 Å². The highest BCUT2D eigenvalue weighted by Crippen LogP contribution is 2.15. The molecule has 0 radical (unpaired) electrons. The number of allylic oxidation sites excluding steroid dienone is 1. The van der Waals surface area contributed by atoms with Gasteiger partial charge in [0.15, 0.2) is 0 Å². The Kier molecular flexibility index (Phi) is 7.41. The van der Waals surface area contributed by atoms with Crippen LogP contribution in [0.15, 0.2) is 30.1 Å². The fourth-order valence-corrected chi connectivity index (χ4v) is 1.77. The highest BCUT2D eigenvalue weighted by molar-refractivity contribution is 5.86. The van der Waals surface area contributed by atoms with E-state index in [0.29, 0.717) is 5.82 Å². The molecule has 1 N–H and O–H groups in total. The monoisotopic (exact) mass is 302 g/mol. The SMILES string of the molecule is CCCCCC=C=Cc1cccnc1NC(=O)OC(C)(C)C. The van der Waals surface area contributed by atoms with Crippen LogP contribution in [-0.2, 0) is 4.74 Å². The summed E-state index contributed by atoms with van der Waals surface area (Å²) < 4.78 is 5.23. The molecule has 0 aliphatic rings. The molecule has 0 aliphatic carbocycles. The van der Waals surface area contributed by atoms with Gasteiger partial charge in [-0.05, 0) is 57.9 Å². The van der Waals surface area contributed by atoms with Crippen molar-refractivity contribution in [3.05, 3.63) is 35.7 Å². The lowest BCUT2D eigenvalue weighted by Crippen LogP contribution is -2.27. The maximum atomic E-state index is 11.8. The van der Waals surface area contributed by atoms with Gasteiger partial charge in [-0.1, -0.05) is 19.8 Å². The molecule has 0 atom stereocenters. The van der Waals surface area contributed by atoms with E-state index in [1.54, 1.807) is 6.20 Å². The molecule has 0 saturated heterocycles. The predicted octanol–water partition coefficient (Wildman–Crippen LogP) is 5.18. The molecular weight excluding hydrogens is 276 g/mol. The van der Waals surface area contributed by atoms with Gasteiger partial charge < -0.3 is 4.74 Å². The number of hydrogen-bond acceptors (Lipinski definition) is 3. The third kappa shape index (κ3) is 7.65. The van der Waals surface area contributed by atoms with E-state index in [4.69, 9.17) is 4.74 Å². The van der Waals surface area contributed by atoms with Crippen LogP contribution in [0.1, 0.15) is 58.9 Å². The summed E-state index contributed by atoms with van der Waals surface area (Å²) in [5.41, 5.74) is 3.41. The third-order valence-corrected chi connectivity index (χ3v) is 2.77. The summed E-state index contributed by atoms with van der Waals surface area (Å²) in [4.78, 5) is 16.0. The van der Waals surface area contributed by atoms with Crippen molar-refractivity contribution in [1.82, 2.24) is 4.98 Å². The van der Waals surface area contributed by atoms with Crippen molar-refractivity contribution in [3.8, 4) is 0 Å². The largest absolute Gasteiger partial charge is 0.444 e. The normalized spacial score (nSPS) is 10.5. The first-order chi connectivity index (χ1) is 10.4. The highest BCUT2D eigenvalue weighted by atomic mass is 16.6. The number of carbonyl (C=O) groups is 1. The summed E-state index contributed by atoms with van der Waals surface area (Å²) in [6.07, 6.45) is 9.60. The van der Waals surface area contributed by atoms with Crippen molar-refractivity contribution in [1.29, 1.82) is 0 Å². The van der Waals surface area contributed by atoms with Gasteiger partial charge in [0.05, 0.1) is 0 Å². The molecule has 0 aliphatic heterocycles. The zero-order valence-corrected chi connectivity index (χ0v) is 14.0. The third-order valence-electron chi connectivity index (χ3n) is 2.77. The first-order valence-electron chi connectivity index (χ1n) is 7.78. The molecule has 1 aromatic rings. The summed E-state index contributed by atoms with van der Waals surface area (Å²) in [5, 5.41) is 2.67. The van der Waals surface area contributed by atoms with Gasteiger partial charge in [-0.25, -0.2) is 9.78 Å². The number of nitrogens with zero attached hydrogens (tertiary/aromatic N) is 1. The Bertz CT molecular complexity index is 538. The number of unbranched alkanes of at least 4 members (excludes halogenated alkanes) is 3. The lowest BCUT2D eigenvalue weighted by molar-refractivity contribution is 0.0635. The second-order valence-corrected chi connectivity index (χ2v) is 6.08. The van der Waals surface area contributed by atoms with Crippen LogP contribution in [0.4, 0.5) is 10.6 Å². The Labute approximate surface area is 133 Å². The molecule has 0 saturated carbocycles. The van der Waals surface area contributed by atoms with Crippen LogP contribution in [0.3, 0.4) is 0 Å². The second kappa shape index (κ2) is 9.06. The Morgan fingerprint density at radius 3 is 2.86 bits per heavy atom. The molecule has 1 aromatic heterocycles. The van der Waals surface area contributed by atoms with E-state index in [-0.39, 0.29) is 0 Å². The van der Waals surface area contributed by atoms with Gasteiger partial charge in [0.1, 0.15) is 11.4 Å². The van der Waals surface area contributed by atoms with Crippen LogP contribution in [0, 0.1) is 0 Å². The zero-order chi connectivity index (χ0) is 16.4. The predicted molar refractivity (Wildman–Crippen MR) is 90.8 cm³/mol. The molecule has 0 fully saturated rings. The number of hydrogen-bond donors (Lipinski definition) is 1. The van der Waals surface area contributed by atoms with Crippen molar-refractivity contribution in [2.24, 2.45) is 0 Å². The van der Waals surface area contributed by atoms with Crippen LogP contribution < -0.4 is 5.32 Å². The molecule has 120 valence electrons. The van der Waals surface area contributed by atoms with Gasteiger partial charge in [0.25, 0.3) is 0 Å². The van der Waals surface area contributed by atoms with Crippen LogP contribution in [0.25, 0.3) is 6.08 Å². The average Bonchev–Trinajstić information content (AvgIpc) is 2.42. The summed E-state index contributed by atoms with van der Waals surface area (Å²) >= 11 is 0. The van der Waals surface area contributed by atoms with Crippen LogP contribution in [0.5, 0.6) is 0 Å². The Morgan fingerprint density at radius 2 is 2.18 bits per heavy atom. The minimum absolute atomic E-state index is 0.478. The summed E-state index contributed by atoms with van der Waals surface area (Å²) in [7, 11) is 0. The van der Waals surface area contributed by atoms with E-state index in [1.807, 2.05) is 45.1 Å². The van der Waals surface area contributed by atoms with Crippen LogP contribution >= 0.6 is 0 Å². The average molecular weight is 302 g/mol. The van der Waals surface area contributed by atoms with Gasteiger partial charge in [0, 0.05) is 11.8 Å². The first-order valence-corrected chi connectivity index (χ1v) is 7.78. The molecule has 4 nitrogen and oxygen atoms in total. The van der Waals surface area contributed by atoms with E-state index in [2.05, 4.69) is 23.0 Å². The minimum atomic E-state index is -0.534. The number of aromatic nitrogens is 1. The number of carbonyl (C=O) groups excluding carboxylic acids is 1. The van der Waals surface area contributed by atoms with E-state index in [1.165, 1.54) is 19.3 Å². The van der Waals surface area contributed by atoms with Gasteiger partial charge >= 0.3 is 6.09 Å². The van der Waals surface area contributed by atoms with E-state index in [9.17, 15) is 4.79 Å². The quantitative estimate of drug-likeness (QED) is 0.582. The first kappa shape index (κ1) is 18.0. The van der Waals surface area contributed by atoms with E-state index in [0.717, 1.165) is 12.0 Å². The number of rotatable bonds is 6. The van der Waals surface area contributed by atoms with Crippen LogP contribution in [-0.4, -0.2) is 16.7 Å². The lowest BCUT2D eigenvalue weighted by Gasteiger charge is -2.19. The zero-order valence-electron chi connectivity index (χ0n) is 14.0. The maximum absolute atomic E-state index is 11.8. The van der Waals surface area contributed by atoms with Crippen molar-refractivity contribution in [2.45, 2.75) is 59.0 Å². The Balaban J connectivity index is 2.69. The molecule has 1 rings (SSSR count). The molecule has 4 heteroatoms. The maximum Gasteiger partial charge on any atom is 0.413 e. The second-order valence-electron chi connectivity index (χ2n) is 6.08. The minimum Gasteiger partial charge on any atom is -0.444 e. The van der Waals surface area contributed by atoms with Crippen molar-refractivity contribution in [3.63, 3.8) is 0 Å². The van der Waals surface area contributed by atoms with Crippen LogP contribution in [0.2, 0.25) is 0 Å². The molecular formula is C18H26N2O2. The molecule has 0 unspecified atom stereocenters. The number of pyridine rings is 1. The number of amides is 1. The van der Waals surface area contributed by atoms with Gasteiger partial charge in [-0.2, -0.15) is 0 Å². The van der Waals surface area contributed by atoms with Crippen molar-refractivity contribution in [2.75, 3.05) is 5.32 Å².